The summed E-state index contributed by atoms with van der Waals surface area (Å²) in [6, 6.07) is 18.4. The Kier molecular flexibility index (Phi) is 8.70. The molecule has 9 heteroatoms. The van der Waals surface area contributed by atoms with Crippen molar-refractivity contribution in [2.45, 2.75) is 25.8 Å². The number of carbonyl (C=O) groups is 3. The maximum atomic E-state index is 12.9. The van der Waals surface area contributed by atoms with E-state index in [2.05, 4.69) is 5.32 Å². The summed E-state index contributed by atoms with van der Waals surface area (Å²) in [6.07, 6.45) is 2.76. The quantitative estimate of drug-likeness (QED) is 0.375. The van der Waals surface area contributed by atoms with E-state index in [0.717, 1.165) is 11.1 Å². The minimum Gasteiger partial charge on any atom is -0.478 e. The molecule has 4 rings (SSSR count). The molecule has 0 saturated heterocycles. The SMILES string of the molecule is C[C@H](Cc1ccc(C2=CCN(C(=O)c3cccc(C#N)c3)CC2)c(C(=O)O)c1)NC(=O)c1c(Cl)cccc1Cl. The standard InChI is InChI=1S/C30H25Cl2N3O4/c1-18(34-28(36)27-25(31)6-3-7-26(27)32)14-19-8-9-23(24(16-19)30(38)39)21-10-12-35(13-11-21)29(37)22-5-2-4-20(15-22)17-33/h2-10,15-16,18H,11-14H2,1H3,(H,34,36)(H,38,39)/t18-/m1/s1. The van der Waals surface area contributed by atoms with Crippen molar-refractivity contribution >= 4 is 46.6 Å². The topological polar surface area (TPSA) is 110 Å². The molecule has 2 N–H and O–H groups in total. The van der Waals surface area contributed by atoms with Gasteiger partial charge in [0, 0.05) is 24.7 Å². The van der Waals surface area contributed by atoms with Crippen LogP contribution >= 0.6 is 23.2 Å². The van der Waals surface area contributed by atoms with E-state index in [0.29, 0.717) is 42.6 Å². The molecule has 1 heterocycles. The summed E-state index contributed by atoms with van der Waals surface area (Å²) in [5, 5.41) is 22.4. The average Bonchev–Trinajstić information content (AvgIpc) is 2.92. The second kappa shape index (κ2) is 12.2. The van der Waals surface area contributed by atoms with E-state index in [1.807, 2.05) is 25.1 Å². The van der Waals surface area contributed by atoms with Crippen LogP contribution in [0.15, 0.2) is 66.7 Å². The van der Waals surface area contributed by atoms with E-state index in [1.165, 1.54) is 0 Å². The number of halogens is 2. The minimum absolute atomic E-state index is 0.160. The average molecular weight is 562 g/mol. The number of nitriles is 1. The summed E-state index contributed by atoms with van der Waals surface area (Å²) in [5.74, 6) is -1.64. The lowest BCUT2D eigenvalue weighted by Gasteiger charge is -2.27. The Hall–Kier alpha value is -4.12. The van der Waals surface area contributed by atoms with Crippen molar-refractivity contribution in [2.24, 2.45) is 0 Å². The molecule has 0 radical (unpaired) electrons. The van der Waals surface area contributed by atoms with E-state index in [-0.39, 0.29) is 33.1 Å². The number of amides is 2. The fraction of sp³-hybridized carbons (Fsp3) is 0.200. The van der Waals surface area contributed by atoms with Crippen molar-refractivity contribution < 1.29 is 19.5 Å². The zero-order valence-electron chi connectivity index (χ0n) is 21.1. The highest BCUT2D eigenvalue weighted by atomic mass is 35.5. The number of nitrogens with zero attached hydrogens (tertiary/aromatic N) is 2. The van der Waals surface area contributed by atoms with Gasteiger partial charge in [-0.05, 0) is 72.9 Å². The maximum absolute atomic E-state index is 12.9. The Bertz CT molecular complexity index is 1510. The molecule has 0 saturated carbocycles. The largest absolute Gasteiger partial charge is 0.478 e. The van der Waals surface area contributed by atoms with Gasteiger partial charge in [-0.1, -0.05) is 53.5 Å². The third kappa shape index (κ3) is 6.48. The molecule has 198 valence electrons. The Morgan fingerprint density at radius 3 is 2.44 bits per heavy atom. The molecule has 0 spiro atoms. The molecule has 0 aliphatic carbocycles. The second-order valence-electron chi connectivity index (χ2n) is 9.28. The molecule has 1 atom stereocenters. The molecule has 1 aliphatic rings. The first-order valence-electron chi connectivity index (χ1n) is 12.3. The summed E-state index contributed by atoms with van der Waals surface area (Å²) in [5.41, 5.74) is 3.42. The van der Waals surface area contributed by atoms with Gasteiger partial charge in [-0.25, -0.2) is 4.79 Å². The maximum Gasteiger partial charge on any atom is 0.336 e. The molecule has 0 fully saturated rings. The monoisotopic (exact) mass is 561 g/mol. The smallest absolute Gasteiger partial charge is 0.336 e. The zero-order chi connectivity index (χ0) is 28.1. The van der Waals surface area contributed by atoms with Crippen LogP contribution in [0.25, 0.3) is 5.57 Å². The van der Waals surface area contributed by atoms with Crippen LogP contribution in [0.5, 0.6) is 0 Å². The highest BCUT2D eigenvalue weighted by molar-refractivity contribution is 6.39. The van der Waals surface area contributed by atoms with Crippen LogP contribution in [-0.2, 0) is 6.42 Å². The Balaban J connectivity index is 1.46. The van der Waals surface area contributed by atoms with Gasteiger partial charge in [-0.15, -0.1) is 0 Å². The normalized spacial score (nSPS) is 13.7. The van der Waals surface area contributed by atoms with Gasteiger partial charge in [0.05, 0.1) is 32.8 Å². The minimum atomic E-state index is -1.06. The lowest BCUT2D eigenvalue weighted by molar-refractivity contribution is 0.0694. The van der Waals surface area contributed by atoms with E-state index in [9.17, 15) is 19.5 Å². The van der Waals surface area contributed by atoms with Crippen molar-refractivity contribution in [3.8, 4) is 6.07 Å². The van der Waals surface area contributed by atoms with Gasteiger partial charge >= 0.3 is 5.97 Å². The summed E-state index contributed by atoms with van der Waals surface area (Å²) in [6.45, 7) is 2.58. The first-order valence-corrected chi connectivity index (χ1v) is 13.0. The molecule has 0 bridgehead atoms. The number of carboxylic acid groups (broad SMARTS) is 1. The van der Waals surface area contributed by atoms with Gasteiger partial charge in [0.1, 0.15) is 0 Å². The van der Waals surface area contributed by atoms with Crippen LogP contribution < -0.4 is 5.32 Å². The Morgan fingerprint density at radius 2 is 1.79 bits per heavy atom. The van der Waals surface area contributed by atoms with Crippen LogP contribution in [0, 0.1) is 11.3 Å². The van der Waals surface area contributed by atoms with Crippen molar-refractivity contribution in [3.63, 3.8) is 0 Å². The molecule has 7 nitrogen and oxygen atoms in total. The number of hydrogen-bond acceptors (Lipinski definition) is 4. The number of carboxylic acids is 1. The number of rotatable bonds is 7. The van der Waals surface area contributed by atoms with Crippen LogP contribution in [0.2, 0.25) is 10.0 Å². The number of hydrogen-bond donors (Lipinski definition) is 2. The molecule has 2 amide bonds. The highest BCUT2D eigenvalue weighted by Crippen LogP contribution is 2.28. The third-order valence-corrected chi connectivity index (χ3v) is 7.13. The van der Waals surface area contributed by atoms with E-state index in [1.54, 1.807) is 59.5 Å². The van der Waals surface area contributed by atoms with Crippen LogP contribution in [0.4, 0.5) is 0 Å². The second-order valence-corrected chi connectivity index (χ2v) is 10.1. The number of carbonyl (C=O) groups excluding carboxylic acids is 2. The zero-order valence-corrected chi connectivity index (χ0v) is 22.6. The summed E-state index contributed by atoms with van der Waals surface area (Å²) < 4.78 is 0. The van der Waals surface area contributed by atoms with Crippen molar-refractivity contribution in [3.05, 3.63) is 110 Å². The van der Waals surface area contributed by atoms with Crippen LogP contribution in [0.3, 0.4) is 0 Å². The molecule has 3 aromatic carbocycles. The molecular formula is C30H25Cl2N3O4. The highest BCUT2D eigenvalue weighted by Gasteiger charge is 2.23. The summed E-state index contributed by atoms with van der Waals surface area (Å²) in [7, 11) is 0. The lowest BCUT2D eigenvalue weighted by Crippen LogP contribution is -2.35. The molecular weight excluding hydrogens is 537 g/mol. The van der Waals surface area contributed by atoms with Gasteiger partial charge in [0.15, 0.2) is 0 Å². The fourth-order valence-electron chi connectivity index (χ4n) is 4.59. The fourth-order valence-corrected chi connectivity index (χ4v) is 5.16. The first kappa shape index (κ1) is 27.9. The first-order chi connectivity index (χ1) is 18.7. The predicted octanol–water partition coefficient (Wildman–Crippen LogP) is 5.85. The van der Waals surface area contributed by atoms with E-state index in [4.69, 9.17) is 28.5 Å². The van der Waals surface area contributed by atoms with Gasteiger partial charge < -0.3 is 15.3 Å². The molecule has 1 aliphatic heterocycles. The van der Waals surface area contributed by atoms with Crippen molar-refractivity contribution in [1.29, 1.82) is 5.26 Å². The van der Waals surface area contributed by atoms with E-state index >= 15 is 0 Å². The molecule has 39 heavy (non-hydrogen) atoms. The number of benzene rings is 3. The Morgan fingerprint density at radius 1 is 1.08 bits per heavy atom. The third-order valence-electron chi connectivity index (χ3n) is 6.50. The predicted molar refractivity (Wildman–Crippen MR) is 150 cm³/mol. The number of aromatic carboxylic acids is 1. The van der Waals surface area contributed by atoms with Crippen molar-refractivity contribution in [2.75, 3.05) is 13.1 Å². The van der Waals surface area contributed by atoms with Crippen LogP contribution in [-0.4, -0.2) is 46.9 Å². The van der Waals surface area contributed by atoms with Crippen molar-refractivity contribution in [1.82, 2.24) is 10.2 Å². The van der Waals surface area contributed by atoms with E-state index < -0.39 is 11.9 Å². The van der Waals surface area contributed by atoms with Gasteiger partial charge in [-0.3, -0.25) is 9.59 Å². The number of nitrogens with one attached hydrogen (secondary N) is 1. The summed E-state index contributed by atoms with van der Waals surface area (Å²) in [4.78, 5) is 39.4. The summed E-state index contributed by atoms with van der Waals surface area (Å²) >= 11 is 12.3. The molecule has 3 aromatic rings. The Labute approximate surface area is 236 Å². The molecule has 0 aromatic heterocycles. The van der Waals surface area contributed by atoms with Gasteiger partial charge in [0.25, 0.3) is 11.8 Å². The van der Waals surface area contributed by atoms with Crippen LogP contribution in [0.1, 0.15) is 61.1 Å². The van der Waals surface area contributed by atoms with Gasteiger partial charge in [0.2, 0.25) is 0 Å². The van der Waals surface area contributed by atoms with Gasteiger partial charge in [-0.2, -0.15) is 5.26 Å². The molecule has 0 unspecified atom stereocenters. The lowest BCUT2D eigenvalue weighted by atomic mass is 9.92.